The number of aliphatic hydroxyl groups excluding tert-OH is 1. The Kier molecular flexibility index (Phi) is 7.22. The maximum Gasteiger partial charge on any atom is 0.191 e. The molecule has 134 valence electrons. The molecule has 0 amide bonds. The number of aliphatic imine (C=N–C) groups is 1. The molecule has 25 heavy (non-hydrogen) atoms. The number of benzene rings is 2. The SMILES string of the molecule is CCNC(=NCc1cccc(F)c1)NCC(O)c1ccc(OC)cc1. The number of methoxy groups -OCH3 is 1. The molecule has 0 radical (unpaired) electrons. The molecule has 1 atom stereocenters. The molecule has 0 heterocycles. The lowest BCUT2D eigenvalue weighted by molar-refractivity contribution is 0.180. The summed E-state index contributed by atoms with van der Waals surface area (Å²) >= 11 is 0. The summed E-state index contributed by atoms with van der Waals surface area (Å²) in [5.41, 5.74) is 1.57. The summed E-state index contributed by atoms with van der Waals surface area (Å²) < 4.78 is 18.3. The molecule has 5 nitrogen and oxygen atoms in total. The second-order valence-electron chi connectivity index (χ2n) is 5.49. The van der Waals surface area contributed by atoms with Crippen LogP contribution < -0.4 is 15.4 Å². The van der Waals surface area contributed by atoms with E-state index in [0.717, 1.165) is 16.9 Å². The first-order valence-electron chi connectivity index (χ1n) is 8.21. The molecule has 2 rings (SSSR count). The van der Waals surface area contributed by atoms with Crippen molar-refractivity contribution in [2.75, 3.05) is 20.2 Å². The van der Waals surface area contributed by atoms with Crippen molar-refractivity contribution in [1.82, 2.24) is 10.6 Å². The normalized spacial score (nSPS) is 12.6. The zero-order valence-corrected chi connectivity index (χ0v) is 14.5. The van der Waals surface area contributed by atoms with E-state index in [1.807, 2.05) is 37.3 Å². The number of hydrogen-bond acceptors (Lipinski definition) is 3. The predicted molar refractivity (Wildman–Crippen MR) is 97.2 cm³/mol. The second kappa shape index (κ2) is 9.64. The third-order valence-electron chi connectivity index (χ3n) is 3.62. The minimum Gasteiger partial charge on any atom is -0.497 e. The molecule has 0 saturated carbocycles. The molecule has 0 fully saturated rings. The average molecular weight is 345 g/mol. The van der Waals surface area contributed by atoms with E-state index in [2.05, 4.69) is 15.6 Å². The first kappa shape index (κ1) is 18.7. The molecule has 0 bridgehead atoms. The molecule has 1 unspecified atom stereocenters. The first-order chi connectivity index (χ1) is 12.1. The Bertz CT molecular complexity index is 689. The van der Waals surface area contributed by atoms with Gasteiger partial charge in [0.25, 0.3) is 0 Å². The van der Waals surface area contributed by atoms with Gasteiger partial charge < -0.3 is 20.5 Å². The van der Waals surface area contributed by atoms with Crippen LogP contribution in [0.3, 0.4) is 0 Å². The Labute approximate surface area is 147 Å². The summed E-state index contributed by atoms with van der Waals surface area (Å²) in [4.78, 5) is 4.41. The number of hydrogen-bond donors (Lipinski definition) is 3. The number of nitrogens with zero attached hydrogens (tertiary/aromatic N) is 1. The highest BCUT2D eigenvalue weighted by atomic mass is 19.1. The van der Waals surface area contributed by atoms with Gasteiger partial charge in [0.15, 0.2) is 5.96 Å². The van der Waals surface area contributed by atoms with E-state index in [9.17, 15) is 9.50 Å². The van der Waals surface area contributed by atoms with Crippen molar-refractivity contribution >= 4 is 5.96 Å². The fourth-order valence-electron chi connectivity index (χ4n) is 2.28. The van der Waals surface area contributed by atoms with Gasteiger partial charge >= 0.3 is 0 Å². The van der Waals surface area contributed by atoms with Crippen LogP contribution in [0.25, 0.3) is 0 Å². The van der Waals surface area contributed by atoms with E-state index in [-0.39, 0.29) is 5.82 Å². The van der Waals surface area contributed by atoms with Gasteiger partial charge in [0.05, 0.1) is 19.8 Å². The molecule has 0 aromatic heterocycles. The molecule has 0 aliphatic carbocycles. The summed E-state index contributed by atoms with van der Waals surface area (Å²) in [6, 6.07) is 13.6. The smallest absolute Gasteiger partial charge is 0.191 e. The molecule has 6 heteroatoms. The van der Waals surface area contributed by atoms with Gasteiger partial charge in [0, 0.05) is 13.1 Å². The van der Waals surface area contributed by atoms with Gasteiger partial charge in [-0.3, -0.25) is 0 Å². The van der Waals surface area contributed by atoms with E-state index in [1.54, 1.807) is 13.2 Å². The largest absolute Gasteiger partial charge is 0.497 e. The first-order valence-corrected chi connectivity index (χ1v) is 8.21. The quantitative estimate of drug-likeness (QED) is 0.533. The van der Waals surface area contributed by atoms with Gasteiger partial charge in [-0.15, -0.1) is 0 Å². The molecule has 2 aromatic carbocycles. The van der Waals surface area contributed by atoms with Crippen molar-refractivity contribution in [2.45, 2.75) is 19.6 Å². The van der Waals surface area contributed by atoms with Crippen LogP contribution in [0.5, 0.6) is 5.75 Å². The standard InChI is InChI=1S/C19H24FN3O2/c1-3-21-19(22-12-14-5-4-6-16(20)11-14)23-13-18(24)15-7-9-17(25-2)10-8-15/h4-11,18,24H,3,12-13H2,1-2H3,(H2,21,22,23). The van der Waals surface area contributed by atoms with Crippen molar-refractivity contribution in [2.24, 2.45) is 4.99 Å². The molecule has 2 aromatic rings. The monoisotopic (exact) mass is 345 g/mol. The molecule has 3 N–H and O–H groups in total. The van der Waals surface area contributed by atoms with Crippen molar-refractivity contribution in [3.63, 3.8) is 0 Å². The molecule has 0 saturated heterocycles. The van der Waals surface area contributed by atoms with Crippen LogP contribution >= 0.6 is 0 Å². The van der Waals surface area contributed by atoms with Gasteiger partial charge in [-0.25, -0.2) is 9.38 Å². The molecular weight excluding hydrogens is 321 g/mol. The lowest BCUT2D eigenvalue weighted by Gasteiger charge is -2.16. The number of halogens is 1. The van der Waals surface area contributed by atoms with Crippen LogP contribution in [0.15, 0.2) is 53.5 Å². The van der Waals surface area contributed by atoms with Gasteiger partial charge in [0.1, 0.15) is 11.6 Å². The molecular formula is C19H24FN3O2. The number of nitrogens with one attached hydrogen (secondary N) is 2. The van der Waals surface area contributed by atoms with E-state index in [0.29, 0.717) is 25.6 Å². The Morgan fingerprint density at radius 1 is 1.20 bits per heavy atom. The van der Waals surface area contributed by atoms with Crippen LogP contribution in [0, 0.1) is 5.82 Å². The maximum absolute atomic E-state index is 13.2. The van der Waals surface area contributed by atoms with Crippen LogP contribution in [-0.4, -0.2) is 31.3 Å². The van der Waals surface area contributed by atoms with Crippen LogP contribution in [0.1, 0.15) is 24.2 Å². The Hall–Kier alpha value is -2.60. The highest BCUT2D eigenvalue weighted by molar-refractivity contribution is 5.79. The average Bonchev–Trinajstić information content (AvgIpc) is 2.64. The predicted octanol–water partition coefficient (Wildman–Crippen LogP) is 2.62. The van der Waals surface area contributed by atoms with E-state index in [1.165, 1.54) is 12.1 Å². The fraction of sp³-hybridized carbons (Fsp3) is 0.316. The maximum atomic E-state index is 13.2. The summed E-state index contributed by atoms with van der Waals surface area (Å²) in [6.07, 6.45) is -0.677. The number of guanidine groups is 1. The summed E-state index contributed by atoms with van der Waals surface area (Å²) in [5.74, 6) is 1.04. The molecule has 0 aliphatic rings. The van der Waals surface area contributed by atoms with Gasteiger partial charge in [0.2, 0.25) is 0 Å². The van der Waals surface area contributed by atoms with E-state index < -0.39 is 6.10 Å². The minimum absolute atomic E-state index is 0.277. The van der Waals surface area contributed by atoms with E-state index in [4.69, 9.17) is 4.74 Å². The zero-order chi connectivity index (χ0) is 18.1. The van der Waals surface area contributed by atoms with Crippen molar-refractivity contribution in [3.8, 4) is 5.75 Å². The number of ether oxygens (including phenoxy) is 1. The molecule has 0 spiro atoms. The van der Waals surface area contributed by atoms with Crippen LogP contribution in [-0.2, 0) is 6.54 Å². The zero-order valence-electron chi connectivity index (χ0n) is 14.5. The Morgan fingerprint density at radius 2 is 1.96 bits per heavy atom. The lowest BCUT2D eigenvalue weighted by atomic mass is 10.1. The summed E-state index contributed by atoms with van der Waals surface area (Å²) in [6.45, 7) is 3.31. The van der Waals surface area contributed by atoms with Crippen molar-refractivity contribution < 1.29 is 14.2 Å². The third kappa shape index (κ3) is 6.08. The minimum atomic E-state index is -0.677. The van der Waals surface area contributed by atoms with Gasteiger partial charge in [-0.05, 0) is 42.3 Å². The number of rotatable bonds is 7. The van der Waals surface area contributed by atoms with Gasteiger partial charge in [-0.2, -0.15) is 0 Å². The lowest BCUT2D eigenvalue weighted by Crippen LogP contribution is -2.39. The number of aliphatic hydroxyl groups is 1. The van der Waals surface area contributed by atoms with Crippen molar-refractivity contribution in [3.05, 3.63) is 65.5 Å². The summed E-state index contributed by atoms with van der Waals surface area (Å²) in [5, 5.41) is 16.5. The fourth-order valence-corrected chi connectivity index (χ4v) is 2.28. The summed E-state index contributed by atoms with van der Waals surface area (Å²) in [7, 11) is 1.60. The third-order valence-corrected chi connectivity index (χ3v) is 3.62. The van der Waals surface area contributed by atoms with Crippen molar-refractivity contribution in [1.29, 1.82) is 0 Å². The highest BCUT2D eigenvalue weighted by Crippen LogP contribution is 2.16. The highest BCUT2D eigenvalue weighted by Gasteiger charge is 2.08. The van der Waals surface area contributed by atoms with Gasteiger partial charge in [-0.1, -0.05) is 24.3 Å². The topological polar surface area (TPSA) is 65.9 Å². The van der Waals surface area contributed by atoms with E-state index >= 15 is 0 Å². The molecule has 0 aliphatic heterocycles. The Balaban J connectivity index is 1.94. The van der Waals surface area contributed by atoms with Crippen LogP contribution in [0.4, 0.5) is 4.39 Å². The Morgan fingerprint density at radius 3 is 2.60 bits per heavy atom. The van der Waals surface area contributed by atoms with Crippen LogP contribution in [0.2, 0.25) is 0 Å². The second-order valence-corrected chi connectivity index (χ2v) is 5.49.